The van der Waals surface area contributed by atoms with Gasteiger partial charge in [0.1, 0.15) is 24.1 Å². The molecule has 0 bridgehead atoms. The van der Waals surface area contributed by atoms with Gasteiger partial charge in [0.2, 0.25) is 11.8 Å². The number of carbonyl (C=O) groups excluding carboxylic acids is 1. The van der Waals surface area contributed by atoms with Gasteiger partial charge in [-0.25, -0.2) is 4.98 Å². The highest BCUT2D eigenvalue weighted by atomic mass is 16.5. The van der Waals surface area contributed by atoms with Crippen LogP contribution < -0.4 is 15.0 Å². The molecule has 11 heteroatoms. The second-order valence-electron chi connectivity index (χ2n) is 8.98. The molecule has 0 saturated carbocycles. The number of methoxy groups -OCH3 is 2. The third-order valence-corrected chi connectivity index (χ3v) is 6.64. The van der Waals surface area contributed by atoms with Crippen LogP contribution in [0.4, 0.5) is 0 Å². The summed E-state index contributed by atoms with van der Waals surface area (Å²) in [7, 11) is 3.10. The molecule has 0 unspecified atom stereocenters. The lowest BCUT2D eigenvalue weighted by molar-refractivity contribution is -0.133. The third kappa shape index (κ3) is 4.11. The molecule has 1 aliphatic rings. The summed E-state index contributed by atoms with van der Waals surface area (Å²) in [5, 5.41) is 4.49. The third-order valence-electron chi connectivity index (χ3n) is 6.64. The van der Waals surface area contributed by atoms with Crippen LogP contribution in [0.25, 0.3) is 21.9 Å². The first-order chi connectivity index (χ1) is 16.9. The number of carbonyl (C=O) groups is 1. The summed E-state index contributed by atoms with van der Waals surface area (Å²) in [6.45, 7) is 5.44. The van der Waals surface area contributed by atoms with E-state index in [1.165, 1.54) is 10.9 Å². The maximum atomic E-state index is 13.7. The summed E-state index contributed by atoms with van der Waals surface area (Å²) in [4.78, 5) is 37.6. The van der Waals surface area contributed by atoms with Gasteiger partial charge in [-0.3, -0.25) is 14.2 Å². The number of benzene rings is 1. The van der Waals surface area contributed by atoms with Gasteiger partial charge in [0.05, 0.1) is 26.1 Å². The van der Waals surface area contributed by atoms with Crippen molar-refractivity contribution in [1.82, 2.24) is 29.2 Å². The van der Waals surface area contributed by atoms with Gasteiger partial charge >= 0.3 is 0 Å². The molecule has 4 heterocycles. The molecule has 1 amide bonds. The predicted octanol–water partition coefficient (Wildman–Crippen LogP) is 2.37. The summed E-state index contributed by atoms with van der Waals surface area (Å²) >= 11 is 0. The number of amides is 1. The van der Waals surface area contributed by atoms with Crippen LogP contribution in [-0.4, -0.2) is 62.4 Å². The highest BCUT2D eigenvalue weighted by Gasteiger charge is 2.25. The van der Waals surface area contributed by atoms with Crippen molar-refractivity contribution in [2.75, 3.05) is 27.3 Å². The Morgan fingerprint density at radius 3 is 2.54 bits per heavy atom. The fourth-order valence-electron chi connectivity index (χ4n) is 4.64. The Kier molecular flexibility index (Phi) is 5.91. The van der Waals surface area contributed by atoms with Gasteiger partial charge in [0.15, 0.2) is 17.3 Å². The molecule has 1 saturated heterocycles. The van der Waals surface area contributed by atoms with Crippen LogP contribution in [0.1, 0.15) is 31.5 Å². The van der Waals surface area contributed by atoms with Gasteiger partial charge in [-0.2, -0.15) is 4.98 Å². The molecule has 0 atom stereocenters. The Hall–Kier alpha value is -3.89. The lowest BCUT2D eigenvalue weighted by Crippen LogP contribution is -2.40. The summed E-state index contributed by atoms with van der Waals surface area (Å²) < 4.78 is 19.3. The number of likely N-dealkylation sites (tertiary alicyclic amines) is 1. The standard InChI is InChI=1S/C24H28N6O5/c1-14-5-7-28(8-6-14)21(31)12-30-17-10-19(34-4)18(33-3)9-16(17)22-23(30)24(32)29(13-25-22)11-20-26-15(2)27-35-20/h9-10,13-14H,5-8,11-12H2,1-4H3. The van der Waals surface area contributed by atoms with E-state index in [4.69, 9.17) is 14.0 Å². The van der Waals surface area contributed by atoms with E-state index >= 15 is 0 Å². The molecule has 35 heavy (non-hydrogen) atoms. The number of hydrogen-bond donors (Lipinski definition) is 0. The van der Waals surface area contributed by atoms with Crippen molar-refractivity contribution in [2.24, 2.45) is 5.92 Å². The minimum Gasteiger partial charge on any atom is -0.493 e. The number of rotatable bonds is 6. The first-order valence-corrected chi connectivity index (χ1v) is 11.6. The lowest BCUT2D eigenvalue weighted by Gasteiger charge is -2.30. The van der Waals surface area contributed by atoms with Crippen molar-refractivity contribution < 1.29 is 18.8 Å². The summed E-state index contributed by atoms with van der Waals surface area (Å²) in [5.41, 5.74) is 1.18. The highest BCUT2D eigenvalue weighted by molar-refractivity contribution is 6.07. The van der Waals surface area contributed by atoms with Crippen molar-refractivity contribution in [3.63, 3.8) is 0 Å². The largest absolute Gasteiger partial charge is 0.493 e. The normalized spacial score (nSPS) is 14.7. The Bertz CT molecular complexity index is 1460. The van der Waals surface area contributed by atoms with E-state index in [2.05, 4.69) is 22.0 Å². The molecule has 3 aromatic heterocycles. The van der Waals surface area contributed by atoms with Crippen molar-refractivity contribution >= 4 is 27.8 Å². The van der Waals surface area contributed by atoms with Gasteiger partial charge in [-0.15, -0.1) is 0 Å². The number of piperidine rings is 1. The zero-order chi connectivity index (χ0) is 24.7. The van der Waals surface area contributed by atoms with E-state index in [1.54, 1.807) is 37.8 Å². The van der Waals surface area contributed by atoms with Crippen LogP contribution in [0, 0.1) is 12.8 Å². The second-order valence-corrected chi connectivity index (χ2v) is 8.98. The maximum absolute atomic E-state index is 13.7. The number of fused-ring (bicyclic) bond motifs is 3. The lowest BCUT2D eigenvalue weighted by atomic mass is 9.99. The predicted molar refractivity (Wildman–Crippen MR) is 128 cm³/mol. The van der Waals surface area contributed by atoms with Crippen LogP contribution in [-0.2, 0) is 17.9 Å². The molecule has 4 aromatic rings. The molecule has 11 nitrogen and oxygen atoms in total. The van der Waals surface area contributed by atoms with Crippen LogP contribution in [0.5, 0.6) is 11.5 Å². The van der Waals surface area contributed by atoms with E-state index in [1.807, 2.05) is 4.90 Å². The Morgan fingerprint density at radius 2 is 1.89 bits per heavy atom. The second kappa shape index (κ2) is 9.05. The molecule has 0 aliphatic carbocycles. The summed E-state index contributed by atoms with van der Waals surface area (Å²) in [5.74, 6) is 2.38. The molecule has 5 rings (SSSR count). The van der Waals surface area contributed by atoms with Crippen LogP contribution in [0.15, 0.2) is 27.8 Å². The van der Waals surface area contributed by atoms with Crippen molar-refractivity contribution in [2.45, 2.75) is 39.8 Å². The van der Waals surface area contributed by atoms with E-state index in [0.717, 1.165) is 12.8 Å². The molecule has 1 aromatic carbocycles. The Labute approximate surface area is 201 Å². The smallest absolute Gasteiger partial charge is 0.278 e. The zero-order valence-electron chi connectivity index (χ0n) is 20.3. The molecule has 1 fully saturated rings. The first-order valence-electron chi connectivity index (χ1n) is 11.6. The molecular formula is C24H28N6O5. The average Bonchev–Trinajstić information content (AvgIpc) is 3.40. The number of aromatic nitrogens is 5. The Balaban J connectivity index is 1.66. The first kappa shape index (κ1) is 22.9. The number of ether oxygens (including phenoxy) is 2. The van der Waals surface area contributed by atoms with Gasteiger partial charge in [0, 0.05) is 24.5 Å². The molecule has 0 radical (unpaired) electrons. The minimum atomic E-state index is -0.306. The van der Waals surface area contributed by atoms with Crippen LogP contribution in [0.2, 0.25) is 0 Å². The van der Waals surface area contributed by atoms with Gasteiger partial charge < -0.3 is 23.5 Å². The minimum absolute atomic E-state index is 0.0183. The maximum Gasteiger partial charge on any atom is 0.278 e. The average molecular weight is 481 g/mol. The Morgan fingerprint density at radius 1 is 1.17 bits per heavy atom. The van der Waals surface area contributed by atoms with E-state index < -0.39 is 0 Å². The quantitative estimate of drug-likeness (QED) is 0.413. The zero-order valence-corrected chi connectivity index (χ0v) is 20.3. The molecule has 184 valence electrons. The monoisotopic (exact) mass is 480 g/mol. The van der Waals surface area contributed by atoms with Crippen molar-refractivity contribution in [3.05, 3.63) is 40.5 Å². The van der Waals surface area contributed by atoms with E-state index in [0.29, 0.717) is 64.2 Å². The molecule has 0 spiro atoms. The fourth-order valence-corrected chi connectivity index (χ4v) is 4.64. The topological polar surface area (TPSA) is 118 Å². The number of nitrogens with zero attached hydrogens (tertiary/aromatic N) is 6. The van der Waals surface area contributed by atoms with Gasteiger partial charge in [-0.1, -0.05) is 12.1 Å². The van der Waals surface area contributed by atoms with E-state index in [9.17, 15) is 9.59 Å². The molecule has 1 aliphatic heterocycles. The molecule has 0 N–H and O–H groups in total. The fraction of sp³-hybridized carbons (Fsp3) is 0.458. The van der Waals surface area contributed by atoms with Gasteiger partial charge in [-0.05, 0) is 31.7 Å². The molecular weight excluding hydrogens is 452 g/mol. The van der Waals surface area contributed by atoms with Gasteiger partial charge in [0.25, 0.3) is 5.56 Å². The van der Waals surface area contributed by atoms with Crippen molar-refractivity contribution in [3.8, 4) is 11.5 Å². The van der Waals surface area contributed by atoms with E-state index in [-0.39, 0.29) is 24.6 Å². The summed E-state index contributed by atoms with van der Waals surface area (Å²) in [6.07, 6.45) is 3.41. The summed E-state index contributed by atoms with van der Waals surface area (Å²) in [6, 6.07) is 3.57. The van der Waals surface area contributed by atoms with Crippen LogP contribution in [0.3, 0.4) is 0 Å². The number of hydrogen-bond acceptors (Lipinski definition) is 8. The van der Waals surface area contributed by atoms with Crippen molar-refractivity contribution in [1.29, 1.82) is 0 Å². The SMILES string of the molecule is COc1cc2c3ncn(Cc4nc(C)no4)c(=O)c3n(CC(=O)N3CCC(C)CC3)c2cc1OC. The number of aryl methyl sites for hydroxylation is 1. The van der Waals surface area contributed by atoms with Crippen LogP contribution >= 0.6 is 0 Å². The highest BCUT2D eigenvalue weighted by Crippen LogP contribution is 2.36.